The van der Waals surface area contributed by atoms with Crippen LogP contribution in [-0.2, 0) is 24.2 Å². The number of carbonyl (C=O) groups excluding carboxylic acids is 1. The Morgan fingerprint density at radius 2 is 1.76 bits per heavy atom. The van der Waals surface area contributed by atoms with E-state index in [9.17, 15) is 9.59 Å². The average molecular weight is 519 g/mol. The number of aliphatic carboxylic acids is 1. The van der Waals surface area contributed by atoms with Crippen LogP contribution in [0.3, 0.4) is 0 Å². The molecule has 0 bridgehead atoms. The van der Waals surface area contributed by atoms with Gasteiger partial charge in [0.05, 0.1) is 12.3 Å². The van der Waals surface area contributed by atoms with Gasteiger partial charge >= 0.3 is 5.97 Å². The number of hydrogen-bond donors (Lipinski definition) is 2. The minimum absolute atomic E-state index is 0.0832. The second-order valence-electron chi connectivity index (χ2n) is 8.47. The summed E-state index contributed by atoms with van der Waals surface area (Å²) in [5, 5.41) is 12.5. The van der Waals surface area contributed by atoms with Crippen molar-refractivity contribution in [2.24, 2.45) is 0 Å². The Bertz CT molecular complexity index is 1380. The lowest BCUT2D eigenvalue weighted by atomic mass is 10.0. The predicted octanol–water partition coefficient (Wildman–Crippen LogP) is 5.87. The molecule has 0 radical (unpaired) electrons. The van der Waals surface area contributed by atoms with E-state index in [4.69, 9.17) is 25.9 Å². The molecular weight excluding hydrogens is 492 g/mol. The lowest BCUT2D eigenvalue weighted by Crippen LogP contribution is -2.24. The third-order valence-electron chi connectivity index (χ3n) is 5.85. The Balaban J connectivity index is 1.44. The number of aromatic nitrogens is 1. The van der Waals surface area contributed by atoms with Gasteiger partial charge in [-0.25, -0.2) is 4.98 Å². The van der Waals surface area contributed by atoms with Gasteiger partial charge in [0.2, 0.25) is 5.89 Å². The first-order valence-corrected chi connectivity index (χ1v) is 12.3. The number of carboxylic acid groups (broad SMARTS) is 1. The van der Waals surface area contributed by atoms with E-state index in [1.807, 2.05) is 55.5 Å². The van der Waals surface area contributed by atoms with Gasteiger partial charge in [-0.05, 0) is 54.8 Å². The topological polar surface area (TPSA) is 102 Å². The summed E-state index contributed by atoms with van der Waals surface area (Å²) in [4.78, 5) is 28.8. The van der Waals surface area contributed by atoms with Crippen molar-refractivity contribution >= 4 is 23.5 Å². The summed E-state index contributed by atoms with van der Waals surface area (Å²) in [5.41, 5.74) is 3.49. The van der Waals surface area contributed by atoms with Crippen molar-refractivity contribution in [3.63, 3.8) is 0 Å². The number of ether oxygens (including phenoxy) is 1. The molecule has 0 unspecified atom stereocenters. The highest BCUT2D eigenvalue weighted by Gasteiger charge is 2.16. The third-order valence-corrected chi connectivity index (χ3v) is 6.22. The lowest BCUT2D eigenvalue weighted by Gasteiger charge is -2.13. The molecule has 0 saturated carbocycles. The number of nitrogens with one attached hydrogen (secondary N) is 1. The summed E-state index contributed by atoms with van der Waals surface area (Å²) >= 11 is 6.20. The van der Waals surface area contributed by atoms with E-state index in [0.717, 1.165) is 22.6 Å². The SMILES string of the molecule is Cc1oc(-c2ccccc2)nc1CCOc1ccc(CCC(=O)O)c(C(=O)NCc2ccccc2Cl)c1. The molecule has 190 valence electrons. The van der Waals surface area contributed by atoms with Crippen LogP contribution in [-0.4, -0.2) is 28.6 Å². The molecule has 8 heteroatoms. The van der Waals surface area contributed by atoms with E-state index in [2.05, 4.69) is 10.3 Å². The van der Waals surface area contributed by atoms with Crippen LogP contribution in [0.4, 0.5) is 0 Å². The second kappa shape index (κ2) is 12.2. The van der Waals surface area contributed by atoms with Crippen LogP contribution in [0.15, 0.2) is 77.2 Å². The van der Waals surface area contributed by atoms with Crippen LogP contribution in [0.2, 0.25) is 5.02 Å². The first kappa shape index (κ1) is 26.0. The van der Waals surface area contributed by atoms with Crippen LogP contribution in [0, 0.1) is 6.92 Å². The molecule has 3 aromatic carbocycles. The zero-order chi connectivity index (χ0) is 26.2. The molecule has 0 aliphatic carbocycles. The Kier molecular flexibility index (Phi) is 8.59. The summed E-state index contributed by atoms with van der Waals surface area (Å²) in [5.74, 6) is 0.539. The number of oxazole rings is 1. The molecule has 7 nitrogen and oxygen atoms in total. The third kappa shape index (κ3) is 6.98. The molecule has 0 atom stereocenters. The van der Waals surface area contributed by atoms with Crippen LogP contribution in [0.5, 0.6) is 5.75 Å². The Morgan fingerprint density at radius 3 is 2.51 bits per heavy atom. The highest BCUT2D eigenvalue weighted by Crippen LogP contribution is 2.23. The largest absolute Gasteiger partial charge is 0.493 e. The number of carbonyl (C=O) groups is 2. The number of rotatable bonds is 11. The lowest BCUT2D eigenvalue weighted by molar-refractivity contribution is -0.136. The fourth-order valence-corrected chi connectivity index (χ4v) is 4.06. The second-order valence-corrected chi connectivity index (χ2v) is 8.88. The quantitative estimate of drug-likeness (QED) is 0.257. The number of halogens is 1. The molecule has 0 saturated heterocycles. The van der Waals surface area contributed by atoms with E-state index in [1.54, 1.807) is 24.3 Å². The van der Waals surface area contributed by atoms with Crippen molar-refractivity contribution in [1.29, 1.82) is 0 Å². The fraction of sp³-hybridized carbons (Fsp3) is 0.207. The molecule has 1 amide bonds. The van der Waals surface area contributed by atoms with Gasteiger partial charge in [0.25, 0.3) is 5.91 Å². The van der Waals surface area contributed by atoms with Crippen LogP contribution < -0.4 is 10.1 Å². The highest BCUT2D eigenvalue weighted by atomic mass is 35.5. The van der Waals surface area contributed by atoms with Crippen LogP contribution >= 0.6 is 11.6 Å². The number of aryl methyl sites for hydroxylation is 2. The zero-order valence-corrected chi connectivity index (χ0v) is 21.1. The minimum Gasteiger partial charge on any atom is -0.493 e. The van der Waals surface area contributed by atoms with Crippen LogP contribution in [0.1, 0.15) is 39.4 Å². The summed E-state index contributed by atoms with van der Waals surface area (Å²) < 4.78 is 11.7. The van der Waals surface area contributed by atoms with Gasteiger partial charge in [-0.3, -0.25) is 9.59 Å². The summed E-state index contributed by atoms with van der Waals surface area (Å²) in [6.07, 6.45) is 0.669. The molecule has 4 aromatic rings. The first-order valence-electron chi connectivity index (χ1n) is 11.9. The molecule has 2 N–H and O–H groups in total. The number of benzene rings is 3. The molecular formula is C29H27ClN2O5. The van der Waals surface area contributed by atoms with E-state index >= 15 is 0 Å². The van der Waals surface area contributed by atoms with Crippen molar-refractivity contribution in [3.05, 3.63) is 106 Å². The van der Waals surface area contributed by atoms with Crippen molar-refractivity contribution < 1.29 is 23.8 Å². The monoisotopic (exact) mass is 518 g/mol. The van der Waals surface area contributed by atoms with Gasteiger partial charge in [0.1, 0.15) is 11.5 Å². The van der Waals surface area contributed by atoms with E-state index in [-0.39, 0.29) is 25.3 Å². The average Bonchev–Trinajstić information content (AvgIpc) is 3.28. The molecule has 1 heterocycles. The van der Waals surface area contributed by atoms with Gasteiger partial charge in [-0.2, -0.15) is 0 Å². The zero-order valence-electron chi connectivity index (χ0n) is 20.4. The maximum Gasteiger partial charge on any atom is 0.303 e. The van der Waals surface area contributed by atoms with Crippen LogP contribution in [0.25, 0.3) is 11.5 Å². The molecule has 0 fully saturated rings. The molecule has 4 rings (SSSR count). The van der Waals surface area contributed by atoms with Gasteiger partial charge in [0.15, 0.2) is 0 Å². The normalized spacial score (nSPS) is 10.8. The Morgan fingerprint density at radius 1 is 1.00 bits per heavy atom. The van der Waals surface area contributed by atoms with Crippen molar-refractivity contribution in [2.45, 2.75) is 32.7 Å². The molecule has 37 heavy (non-hydrogen) atoms. The van der Waals surface area contributed by atoms with Gasteiger partial charge in [0, 0.05) is 35.5 Å². The predicted molar refractivity (Wildman–Crippen MR) is 141 cm³/mol. The number of hydrogen-bond acceptors (Lipinski definition) is 5. The Labute approximate surface area is 220 Å². The van der Waals surface area contributed by atoms with E-state index in [1.165, 1.54) is 0 Å². The fourth-order valence-electron chi connectivity index (χ4n) is 3.86. The van der Waals surface area contributed by atoms with E-state index < -0.39 is 5.97 Å². The molecule has 0 aliphatic rings. The molecule has 0 aliphatic heterocycles. The Hall–Kier alpha value is -4.10. The smallest absolute Gasteiger partial charge is 0.303 e. The maximum absolute atomic E-state index is 13.0. The maximum atomic E-state index is 13.0. The van der Waals surface area contributed by atoms with Crippen molar-refractivity contribution in [3.8, 4) is 17.2 Å². The number of carboxylic acids is 1. The van der Waals surface area contributed by atoms with Crippen molar-refractivity contribution in [1.82, 2.24) is 10.3 Å². The highest BCUT2D eigenvalue weighted by molar-refractivity contribution is 6.31. The number of nitrogens with zero attached hydrogens (tertiary/aromatic N) is 1. The van der Waals surface area contributed by atoms with Crippen molar-refractivity contribution in [2.75, 3.05) is 6.61 Å². The summed E-state index contributed by atoms with van der Waals surface area (Å²) in [7, 11) is 0. The minimum atomic E-state index is -0.930. The molecule has 0 spiro atoms. The molecule has 1 aromatic heterocycles. The summed E-state index contributed by atoms with van der Waals surface area (Å²) in [6, 6.07) is 22.1. The van der Waals surface area contributed by atoms with E-state index in [0.29, 0.717) is 40.8 Å². The number of amides is 1. The van der Waals surface area contributed by atoms with Gasteiger partial charge in [-0.1, -0.05) is 54.1 Å². The standard InChI is InChI=1S/C29H27ClN2O5/c1-19-26(32-29(37-19)21-7-3-2-4-8-21)15-16-36-23-13-11-20(12-14-27(33)34)24(17-23)28(35)31-18-22-9-5-6-10-25(22)30/h2-11,13,17H,12,14-16,18H2,1H3,(H,31,35)(H,33,34). The first-order chi connectivity index (χ1) is 17.9. The van der Waals surface area contributed by atoms with Gasteiger partial charge < -0.3 is 19.6 Å². The van der Waals surface area contributed by atoms with Gasteiger partial charge in [-0.15, -0.1) is 0 Å². The summed E-state index contributed by atoms with van der Waals surface area (Å²) in [6.45, 7) is 2.45.